The van der Waals surface area contributed by atoms with Gasteiger partial charge >= 0.3 is 6.11 Å². The van der Waals surface area contributed by atoms with Gasteiger partial charge in [-0.15, -0.1) is 0 Å². The number of phenolic OH excluding ortho intramolecular Hbond substituents is 1. The third-order valence-corrected chi connectivity index (χ3v) is 4.94. The number of hydrogen-bond acceptors (Lipinski definition) is 4. The third-order valence-electron chi connectivity index (χ3n) is 4.36. The van der Waals surface area contributed by atoms with Gasteiger partial charge in [0.1, 0.15) is 5.75 Å². The molecule has 27 heavy (non-hydrogen) atoms. The lowest BCUT2D eigenvalue weighted by Gasteiger charge is -2.27. The molecule has 0 heterocycles. The van der Waals surface area contributed by atoms with Crippen LogP contribution in [0.4, 0.5) is 8.78 Å². The zero-order valence-electron chi connectivity index (χ0n) is 14.7. The van der Waals surface area contributed by atoms with Crippen LogP contribution in [0.15, 0.2) is 36.4 Å². The van der Waals surface area contributed by atoms with Crippen molar-refractivity contribution >= 4 is 23.2 Å². The number of aliphatic hydroxyl groups is 2. The number of alkyl halides is 2. The molecule has 0 fully saturated rings. The molecule has 2 aromatic rings. The van der Waals surface area contributed by atoms with Gasteiger partial charge in [-0.25, -0.2) is 0 Å². The van der Waals surface area contributed by atoms with Crippen LogP contribution < -0.4 is 4.74 Å². The lowest BCUT2D eigenvalue weighted by Crippen LogP contribution is -2.39. The highest BCUT2D eigenvalue weighted by Crippen LogP contribution is 2.40. The number of phenols is 1. The number of rotatable bonds is 7. The highest BCUT2D eigenvalue weighted by molar-refractivity contribution is 6.37. The van der Waals surface area contributed by atoms with E-state index in [1.54, 1.807) is 24.3 Å². The smallest absolute Gasteiger partial charge is 0.424 e. The van der Waals surface area contributed by atoms with Crippen molar-refractivity contribution in [2.24, 2.45) is 0 Å². The first kappa shape index (κ1) is 21.7. The summed E-state index contributed by atoms with van der Waals surface area (Å²) in [5.41, 5.74) is 0.915. The van der Waals surface area contributed by atoms with Crippen molar-refractivity contribution in [1.82, 2.24) is 0 Å². The molecule has 2 rings (SSSR count). The molecule has 8 heteroatoms. The van der Waals surface area contributed by atoms with Crippen molar-refractivity contribution in [2.45, 2.75) is 37.9 Å². The SMILES string of the molecule is CC(C)(c1ccc(OC(F)(F)C(O)CCO)cc1)c1cc(Cl)c(O)c(Cl)c1. The van der Waals surface area contributed by atoms with E-state index in [-0.39, 0.29) is 21.5 Å². The minimum Gasteiger partial charge on any atom is -0.505 e. The normalized spacial score (nSPS) is 13.5. The van der Waals surface area contributed by atoms with E-state index in [1.165, 1.54) is 12.1 Å². The summed E-state index contributed by atoms with van der Waals surface area (Å²) in [7, 11) is 0. The van der Waals surface area contributed by atoms with Crippen LogP contribution in [0.1, 0.15) is 31.4 Å². The van der Waals surface area contributed by atoms with Gasteiger partial charge in [0.25, 0.3) is 0 Å². The van der Waals surface area contributed by atoms with Crippen molar-refractivity contribution in [3.63, 3.8) is 0 Å². The fraction of sp³-hybridized carbons (Fsp3) is 0.368. The molecule has 4 nitrogen and oxygen atoms in total. The van der Waals surface area contributed by atoms with E-state index in [4.69, 9.17) is 28.3 Å². The van der Waals surface area contributed by atoms with Crippen LogP contribution in [0.25, 0.3) is 0 Å². The van der Waals surface area contributed by atoms with E-state index >= 15 is 0 Å². The van der Waals surface area contributed by atoms with E-state index in [1.807, 2.05) is 13.8 Å². The number of aliphatic hydroxyl groups excluding tert-OH is 2. The second kappa shape index (κ2) is 8.19. The first-order valence-corrected chi connectivity index (χ1v) is 8.89. The largest absolute Gasteiger partial charge is 0.505 e. The van der Waals surface area contributed by atoms with E-state index in [0.717, 1.165) is 11.1 Å². The minimum atomic E-state index is -3.82. The summed E-state index contributed by atoms with van der Waals surface area (Å²) in [5, 5.41) is 28.0. The van der Waals surface area contributed by atoms with Gasteiger partial charge in [0.15, 0.2) is 11.9 Å². The summed E-state index contributed by atoms with van der Waals surface area (Å²) in [5.74, 6) is -0.330. The average molecular weight is 421 g/mol. The van der Waals surface area contributed by atoms with Gasteiger partial charge < -0.3 is 20.1 Å². The maximum atomic E-state index is 13.8. The zero-order valence-corrected chi connectivity index (χ0v) is 16.2. The third kappa shape index (κ3) is 4.82. The molecule has 0 saturated heterocycles. The van der Waals surface area contributed by atoms with Crippen LogP contribution >= 0.6 is 23.2 Å². The molecule has 0 amide bonds. The topological polar surface area (TPSA) is 69.9 Å². The monoisotopic (exact) mass is 420 g/mol. The Morgan fingerprint density at radius 1 is 1.04 bits per heavy atom. The van der Waals surface area contributed by atoms with Crippen LogP contribution in [-0.4, -0.2) is 34.1 Å². The number of aromatic hydroxyl groups is 1. The molecule has 148 valence electrons. The Labute approximate surface area is 165 Å². The van der Waals surface area contributed by atoms with Crippen LogP contribution in [0.2, 0.25) is 10.0 Å². The van der Waals surface area contributed by atoms with E-state index < -0.39 is 30.7 Å². The highest BCUT2D eigenvalue weighted by Gasteiger charge is 2.41. The summed E-state index contributed by atoms with van der Waals surface area (Å²) >= 11 is 12.0. The second-order valence-corrected chi connectivity index (χ2v) is 7.44. The first-order chi connectivity index (χ1) is 12.5. The molecular formula is C19H20Cl2F2O4. The van der Waals surface area contributed by atoms with Gasteiger partial charge in [0, 0.05) is 18.4 Å². The van der Waals surface area contributed by atoms with Gasteiger partial charge in [0.2, 0.25) is 0 Å². The van der Waals surface area contributed by atoms with Crippen molar-refractivity contribution < 1.29 is 28.8 Å². The molecule has 1 unspecified atom stereocenters. The Hall–Kier alpha value is -1.60. The van der Waals surface area contributed by atoms with E-state index in [2.05, 4.69) is 4.74 Å². The van der Waals surface area contributed by atoms with Gasteiger partial charge in [-0.1, -0.05) is 49.2 Å². The van der Waals surface area contributed by atoms with Crippen molar-refractivity contribution in [3.8, 4) is 11.5 Å². The van der Waals surface area contributed by atoms with E-state index in [9.17, 15) is 19.0 Å². The molecule has 2 aromatic carbocycles. The van der Waals surface area contributed by atoms with Crippen LogP contribution in [0.3, 0.4) is 0 Å². The summed E-state index contributed by atoms with van der Waals surface area (Å²) in [6.07, 6.45) is -6.43. The minimum absolute atomic E-state index is 0.114. The van der Waals surface area contributed by atoms with Gasteiger partial charge in [-0.05, 0) is 35.4 Å². The van der Waals surface area contributed by atoms with Crippen molar-refractivity contribution in [3.05, 3.63) is 57.6 Å². The molecule has 0 bridgehead atoms. The molecule has 0 aromatic heterocycles. The van der Waals surface area contributed by atoms with Gasteiger partial charge in [0.05, 0.1) is 10.0 Å². The quantitative estimate of drug-likeness (QED) is 0.604. The Morgan fingerprint density at radius 2 is 1.56 bits per heavy atom. The Balaban J connectivity index is 2.26. The van der Waals surface area contributed by atoms with Gasteiger partial charge in [-0.2, -0.15) is 8.78 Å². The summed E-state index contributed by atoms with van der Waals surface area (Å²) in [4.78, 5) is 0. The van der Waals surface area contributed by atoms with Crippen molar-refractivity contribution in [2.75, 3.05) is 6.61 Å². The predicted octanol–water partition coefficient (Wildman–Crippen LogP) is 4.74. The maximum absolute atomic E-state index is 13.8. The lowest BCUT2D eigenvalue weighted by molar-refractivity contribution is -0.242. The Kier molecular flexibility index (Phi) is 6.58. The molecule has 0 saturated carbocycles. The fourth-order valence-electron chi connectivity index (χ4n) is 2.55. The Morgan fingerprint density at radius 3 is 2.04 bits per heavy atom. The Bertz CT molecular complexity index is 772. The lowest BCUT2D eigenvalue weighted by atomic mass is 9.78. The van der Waals surface area contributed by atoms with Crippen LogP contribution in [0.5, 0.6) is 11.5 Å². The fourth-order valence-corrected chi connectivity index (χ4v) is 3.04. The molecule has 0 aliphatic carbocycles. The molecular weight excluding hydrogens is 401 g/mol. The van der Waals surface area contributed by atoms with Crippen LogP contribution in [-0.2, 0) is 5.41 Å². The van der Waals surface area contributed by atoms with Crippen LogP contribution in [0, 0.1) is 0 Å². The second-order valence-electron chi connectivity index (χ2n) is 6.63. The molecule has 0 aliphatic rings. The number of ether oxygens (including phenoxy) is 1. The average Bonchev–Trinajstić information content (AvgIpc) is 2.59. The molecule has 0 aliphatic heterocycles. The molecule has 1 atom stereocenters. The highest BCUT2D eigenvalue weighted by atomic mass is 35.5. The maximum Gasteiger partial charge on any atom is 0.424 e. The number of benzene rings is 2. The van der Waals surface area contributed by atoms with E-state index in [0.29, 0.717) is 0 Å². The molecule has 0 spiro atoms. The zero-order chi connectivity index (χ0) is 20.4. The number of halogens is 4. The first-order valence-electron chi connectivity index (χ1n) is 8.14. The summed E-state index contributed by atoms with van der Waals surface area (Å²) < 4.78 is 32.1. The summed E-state index contributed by atoms with van der Waals surface area (Å²) in [6.45, 7) is 3.20. The van der Waals surface area contributed by atoms with Crippen molar-refractivity contribution in [1.29, 1.82) is 0 Å². The predicted molar refractivity (Wildman–Crippen MR) is 100.0 cm³/mol. The molecule has 3 N–H and O–H groups in total. The number of hydrogen-bond donors (Lipinski definition) is 3. The van der Waals surface area contributed by atoms with Gasteiger partial charge in [-0.3, -0.25) is 0 Å². The summed E-state index contributed by atoms with van der Waals surface area (Å²) in [6, 6.07) is 9.12. The standard InChI is InChI=1S/C19H20Cl2F2O4/c1-18(2,12-9-14(20)17(26)15(21)10-12)11-3-5-13(6-4-11)27-19(22,23)16(25)7-8-24/h3-6,9-10,16,24-26H,7-8H2,1-2H3. The molecule has 0 radical (unpaired) electrons.